The number of fused-ring (bicyclic) bond motifs is 1. The zero-order chi connectivity index (χ0) is 13.8. The van der Waals surface area contributed by atoms with Crippen molar-refractivity contribution in [3.05, 3.63) is 36.0 Å². The van der Waals surface area contributed by atoms with E-state index in [0.717, 1.165) is 30.6 Å². The van der Waals surface area contributed by atoms with Gasteiger partial charge in [0, 0.05) is 23.8 Å². The summed E-state index contributed by atoms with van der Waals surface area (Å²) >= 11 is 0. The van der Waals surface area contributed by atoms with Crippen LogP contribution in [0.15, 0.2) is 35.6 Å². The average Bonchev–Trinajstić information content (AvgIpc) is 2.80. The lowest BCUT2D eigenvalue weighted by atomic mass is 10.1. The first-order chi connectivity index (χ1) is 9.11. The van der Waals surface area contributed by atoms with Crippen LogP contribution in [0.4, 0.5) is 0 Å². The number of hydrogen-bond donors (Lipinski definition) is 2. The van der Waals surface area contributed by atoms with Gasteiger partial charge in [-0.2, -0.15) is 0 Å². The maximum absolute atomic E-state index is 8.73. The molecule has 0 amide bonds. The van der Waals surface area contributed by atoms with Crippen LogP contribution in [0.3, 0.4) is 0 Å². The van der Waals surface area contributed by atoms with Gasteiger partial charge in [-0.25, -0.2) is 0 Å². The van der Waals surface area contributed by atoms with E-state index in [1.165, 1.54) is 5.39 Å². The van der Waals surface area contributed by atoms with Gasteiger partial charge in [0.1, 0.15) is 0 Å². The Kier molecular flexibility index (Phi) is 4.06. The summed E-state index contributed by atoms with van der Waals surface area (Å²) in [5.74, 6) is 0.142. The van der Waals surface area contributed by atoms with Crippen LogP contribution in [-0.2, 0) is 6.54 Å². The van der Waals surface area contributed by atoms with Gasteiger partial charge in [-0.1, -0.05) is 17.3 Å². The first-order valence-corrected chi connectivity index (χ1v) is 6.33. The van der Waals surface area contributed by atoms with Crippen LogP contribution in [0, 0.1) is 0 Å². The van der Waals surface area contributed by atoms with E-state index in [4.69, 9.17) is 10.9 Å². The molecule has 0 saturated heterocycles. The van der Waals surface area contributed by atoms with Crippen molar-refractivity contribution in [2.24, 2.45) is 10.9 Å². The van der Waals surface area contributed by atoms with Gasteiger partial charge in [-0.15, -0.1) is 0 Å². The normalized spacial score (nSPS) is 12.5. The Balaban J connectivity index is 2.24. The summed E-state index contributed by atoms with van der Waals surface area (Å²) in [6, 6.07) is 7.90. The SMILES string of the molecule is CN(C)CCCn1ccc2ccc(/C(N)=N/O)cc21. The minimum absolute atomic E-state index is 0.142. The Bertz CT molecular complexity index is 586. The molecule has 3 N–H and O–H groups in total. The predicted octanol–water partition coefficient (Wildman–Crippen LogP) is 1.69. The Morgan fingerprint density at radius 1 is 1.37 bits per heavy atom. The molecule has 0 aliphatic heterocycles. The van der Waals surface area contributed by atoms with Crippen LogP contribution in [0.25, 0.3) is 10.9 Å². The van der Waals surface area contributed by atoms with E-state index in [1.54, 1.807) is 0 Å². The lowest BCUT2D eigenvalue weighted by Gasteiger charge is -2.10. The third kappa shape index (κ3) is 3.06. The molecule has 19 heavy (non-hydrogen) atoms. The summed E-state index contributed by atoms with van der Waals surface area (Å²) in [5, 5.41) is 12.9. The molecular formula is C14H20N4O. The van der Waals surface area contributed by atoms with Gasteiger partial charge in [0.05, 0.1) is 0 Å². The molecule has 0 aliphatic rings. The van der Waals surface area contributed by atoms with Crippen LogP contribution >= 0.6 is 0 Å². The van der Waals surface area contributed by atoms with Crippen molar-refractivity contribution in [1.29, 1.82) is 0 Å². The Hall–Kier alpha value is -2.01. The van der Waals surface area contributed by atoms with Crippen molar-refractivity contribution in [2.75, 3.05) is 20.6 Å². The smallest absolute Gasteiger partial charge is 0.170 e. The van der Waals surface area contributed by atoms with Crippen LogP contribution in [-0.4, -0.2) is 41.1 Å². The fourth-order valence-corrected chi connectivity index (χ4v) is 2.15. The number of nitrogens with zero attached hydrogens (tertiary/aromatic N) is 3. The van der Waals surface area contributed by atoms with Crippen LogP contribution in [0.1, 0.15) is 12.0 Å². The number of rotatable bonds is 5. The van der Waals surface area contributed by atoms with Gasteiger partial charge in [-0.3, -0.25) is 0 Å². The summed E-state index contributed by atoms with van der Waals surface area (Å²) in [6.07, 6.45) is 3.17. The van der Waals surface area contributed by atoms with Gasteiger partial charge in [-0.05, 0) is 44.6 Å². The maximum Gasteiger partial charge on any atom is 0.170 e. The zero-order valence-electron chi connectivity index (χ0n) is 11.4. The molecule has 0 saturated carbocycles. The third-order valence-electron chi connectivity index (χ3n) is 3.18. The number of aromatic nitrogens is 1. The van der Waals surface area contributed by atoms with Crippen molar-refractivity contribution >= 4 is 16.7 Å². The largest absolute Gasteiger partial charge is 0.409 e. The fraction of sp³-hybridized carbons (Fsp3) is 0.357. The fourth-order valence-electron chi connectivity index (χ4n) is 2.15. The first kappa shape index (κ1) is 13.4. The number of oxime groups is 1. The number of nitrogens with two attached hydrogens (primary N) is 1. The molecule has 0 bridgehead atoms. The Morgan fingerprint density at radius 2 is 2.16 bits per heavy atom. The third-order valence-corrected chi connectivity index (χ3v) is 3.18. The van der Waals surface area contributed by atoms with E-state index in [1.807, 2.05) is 18.2 Å². The van der Waals surface area contributed by atoms with E-state index >= 15 is 0 Å². The molecule has 1 aromatic carbocycles. The van der Waals surface area contributed by atoms with Gasteiger partial charge < -0.3 is 20.4 Å². The van der Waals surface area contributed by atoms with Gasteiger partial charge in [0.2, 0.25) is 0 Å². The summed E-state index contributed by atoms with van der Waals surface area (Å²) < 4.78 is 2.20. The minimum atomic E-state index is 0.142. The standard InChI is InChI=1S/C14H20N4O/c1-17(2)7-3-8-18-9-6-11-4-5-12(10-13(11)18)14(15)16-19/h4-6,9-10,19H,3,7-8H2,1-2H3,(H2,15,16). The van der Waals surface area contributed by atoms with E-state index in [9.17, 15) is 0 Å². The highest BCUT2D eigenvalue weighted by Crippen LogP contribution is 2.18. The molecule has 1 aromatic heterocycles. The second kappa shape index (κ2) is 5.75. The first-order valence-electron chi connectivity index (χ1n) is 6.33. The van der Waals surface area contributed by atoms with Crippen molar-refractivity contribution in [2.45, 2.75) is 13.0 Å². The zero-order valence-corrected chi connectivity index (χ0v) is 11.4. The van der Waals surface area contributed by atoms with Crippen LogP contribution in [0.5, 0.6) is 0 Å². The molecule has 0 atom stereocenters. The monoisotopic (exact) mass is 260 g/mol. The summed E-state index contributed by atoms with van der Waals surface area (Å²) in [5.41, 5.74) is 7.48. The lowest BCUT2D eigenvalue weighted by molar-refractivity contribution is 0.318. The predicted molar refractivity (Wildman–Crippen MR) is 77.6 cm³/mol. The van der Waals surface area contributed by atoms with E-state index < -0.39 is 0 Å². The molecule has 2 aromatic rings. The average molecular weight is 260 g/mol. The van der Waals surface area contributed by atoms with Crippen LogP contribution < -0.4 is 5.73 Å². The highest BCUT2D eigenvalue weighted by molar-refractivity contribution is 6.00. The van der Waals surface area contributed by atoms with E-state index in [-0.39, 0.29) is 5.84 Å². The molecule has 0 fully saturated rings. The number of aryl methyl sites for hydroxylation is 1. The molecule has 0 spiro atoms. The number of hydrogen-bond acceptors (Lipinski definition) is 3. The van der Waals surface area contributed by atoms with Gasteiger partial charge in [0.15, 0.2) is 5.84 Å². The maximum atomic E-state index is 8.73. The van der Waals surface area contributed by atoms with Crippen molar-refractivity contribution in [3.63, 3.8) is 0 Å². The Morgan fingerprint density at radius 3 is 2.84 bits per heavy atom. The molecular weight excluding hydrogens is 240 g/mol. The summed E-state index contributed by atoms with van der Waals surface area (Å²) in [4.78, 5) is 2.17. The Labute approximate surface area is 112 Å². The molecule has 0 unspecified atom stereocenters. The minimum Gasteiger partial charge on any atom is -0.409 e. The van der Waals surface area contributed by atoms with E-state index in [0.29, 0.717) is 0 Å². The highest BCUT2D eigenvalue weighted by atomic mass is 16.4. The van der Waals surface area contributed by atoms with Crippen molar-refractivity contribution < 1.29 is 5.21 Å². The number of amidine groups is 1. The molecule has 102 valence electrons. The topological polar surface area (TPSA) is 66.8 Å². The molecule has 0 aliphatic carbocycles. The van der Waals surface area contributed by atoms with Crippen LogP contribution in [0.2, 0.25) is 0 Å². The molecule has 5 nitrogen and oxygen atoms in total. The van der Waals surface area contributed by atoms with Gasteiger partial charge >= 0.3 is 0 Å². The molecule has 1 heterocycles. The number of benzene rings is 1. The highest BCUT2D eigenvalue weighted by Gasteiger charge is 2.05. The lowest BCUT2D eigenvalue weighted by Crippen LogP contribution is -2.15. The second-order valence-corrected chi connectivity index (χ2v) is 4.92. The molecule has 2 rings (SSSR count). The summed E-state index contributed by atoms with van der Waals surface area (Å²) in [6.45, 7) is 2.01. The van der Waals surface area contributed by atoms with Crippen molar-refractivity contribution in [3.8, 4) is 0 Å². The summed E-state index contributed by atoms with van der Waals surface area (Å²) in [7, 11) is 4.15. The quantitative estimate of drug-likeness (QED) is 0.372. The molecule has 5 heteroatoms. The van der Waals surface area contributed by atoms with Gasteiger partial charge in [0.25, 0.3) is 0 Å². The van der Waals surface area contributed by atoms with Crippen molar-refractivity contribution in [1.82, 2.24) is 9.47 Å². The van der Waals surface area contributed by atoms with E-state index in [2.05, 4.69) is 41.0 Å². The second-order valence-electron chi connectivity index (χ2n) is 4.92. The molecule has 0 radical (unpaired) electrons.